The van der Waals surface area contributed by atoms with Crippen molar-refractivity contribution in [2.75, 3.05) is 0 Å². The number of phenolic OH excluding ortho intramolecular Hbond substituents is 1. The normalized spacial score (nSPS) is 12.1. The average molecular weight is 667 g/mol. The fraction of sp³-hybridized carbons (Fsp3) is 0.290. The van der Waals surface area contributed by atoms with Gasteiger partial charge in [-0.25, -0.2) is 4.68 Å². The largest absolute Gasteiger partial charge is 0.508 e. The van der Waals surface area contributed by atoms with Crippen molar-refractivity contribution in [3.63, 3.8) is 0 Å². The van der Waals surface area contributed by atoms with Gasteiger partial charge in [-0.2, -0.15) is 5.10 Å². The smallest absolute Gasteiger partial charge is 0.240 e. The van der Waals surface area contributed by atoms with Gasteiger partial charge in [-0.3, -0.25) is 18.1 Å². The second-order valence-electron chi connectivity index (χ2n) is 10.4. The van der Waals surface area contributed by atoms with Crippen LogP contribution in [0, 0.1) is 3.56 Å². The molecule has 2 aromatic carbocycles. The summed E-state index contributed by atoms with van der Waals surface area (Å²) in [6.07, 6.45) is 6.13. The first-order valence-corrected chi connectivity index (χ1v) is 15.6. The first-order chi connectivity index (χ1) is 19.7. The summed E-state index contributed by atoms with van der Waals surface area (Å²) in [5.74, 6) is -0.696. The number of alkyl halides is 1. The van der Waals surface area contributed by atoms with Crippen LogP contribution in [0.3, 0.4) is 0 Å². The molecule has 214 valence electrons. The number of hydrogen-bond acceptors (Lipinski definition) is 6. The minimum absolute atomic E-state index is 0.122. The molecule has 0 aliphatic heterocycles. The van der Waals surface area contributed by atoms with Gasteiger partial charge < -0.3 is 16.2 Å². The standard InChI is InChI=1S/C31H35IN6O3/c1-31(2,32-34)23-11-13-24(14-12-23)38-25(19-27(37-38)22-6-5-17-35-20-22)7-3-4-8-29(40)36-28(30(33)41)18-21-9-15-26(39)16-10-21/h5-6,9-17,19-20,28,34,39H,3-4,7-8,18H2,1-2H3,(H2,33,41)(H,36,40). The predicted octanol–water partition coefficient (Wildman–Crippen LogP) is 5.53. The molecule has 0 bridgehead atoms. The number of nitrogens with zero attached hydrogens (tertiary/aromatic N) is 3. The number of aromatic nitrogens is 3. The Morgan fingerprint density at radius 1 is 1.10 bits per heavy atom. The highest BCUT2D eigenvalue weighted by molar-refractivity contribution is 14.1. The number of primary amides is 1. The molecule has 0 aliphatic rings. The van der Waals surface area contributed by atoms with Crippen LogP contribution in [0.25, 0.3) is 16.9 Å². The fourth-order valence-corrected chi connectivity index (χ4v) is 5.15. The lowest BCUT2D eigenvalue weighted by atomic mass is 10.0. The molecule has 5 N–H and O–H groups in total. The highest BCUT2D eigenvalue weighted by atomic mass is 127. The second-order valence-corrected chi connectivity index (χ2v) is 13.6. The number of benzene rings is 2. The Morgan fingerprint density at radius 3 is 2.46 bits per heavy atom. The summed E-state index contributed by atoms with van der Waals surface area (Å²) in [5.41, 5.74) is 11.2. The molecule has 1 atom stereocenters. The number of halogens is 1. The van der Waals surface area contributed by atoms with Gasteiger partial charge in [0.15, 0.2) is 0 Å². The highest BCUT2D eigenvalue weighted by Gasteiger charge is 2.20. The summed E-state index contributed by atoms with van der Waals surface area (Å²) in [7, 11) is 0. The molecule has 41 heavy (non-hydrogen) atoms. The molecule has 4 rings (SSSR count). The van der Waals surface area contributed by atoms with Crippen molar-refractivity contribution in [2.45, 2.75) is 55.4 Å². The van der Waals surface area contributed by atoms with Crippen LogP contribution in [0.2, 0.25) is 0 Å². The zero-order chi connectivity index (χ0) is 29.4. The van der Waals surface area contributed by atoms with Crippen LogP contribution in [0.1, 0.15) is 49.9 Å². The van der Waals surface area contributed by atoms with Crippen LogP contribution in [-0.2, 0) is 25.9 Å². The Balaban J connectivity index is 1.41. The average Bonchev–Trinajstić information content (AvgIpc) is 3.41. The summed E-state index contributed by atoms with van der Waals surface area (Å²) in [6, 6.07) is 19.8. The van der Waals surface area contributed by atoms with E-state index in [0.717, 1.165) is 40.2 Å². The van der Waals surface area contributed by atoms with E-state index >= 15 is 0 Å². The van der Waals surface area contributed by atoms with Crippen molar-refractivity contribution in [1.82, 2.24) is 20.1 Å². The predicted molar refractivity (Wildman–Crippen MR) is 167 cm³/mol. The first-order valence-electron chi connectivity index (χ1n) is 13.4. The van der Waals surface area contributed by atoms with Crippen molar-refractivity contribution in [3.05, 3.63) is 95.9 Å². The van der Waals surface area contributed by atoms with Crippen LogP contribution in [0.5, 0.6) is 5.75 Å². The number of carbonyl (C=O) groups excluding carboxylic acids is 2. The third-order valence-electron chi connectivity index (χ3n) is 6.92. The number of unbranched alkanes of at least 4 members (excludes halogenated alkanes) is 1. The zero-order valence-corrected chi connectivity index (χ0v) is 25.3. The highest BCUT2D eigenvalue weighted by Crippen LogP contribution is 2.35. The number of amides is 2. The van der Waals surface area contributed by atoms with Gasteiger partial charge in [0.05, 0.1) is 14.8 Å². The number of hydrogen-bond donors (Lipinski definition) is 4. The topological polar surface area (TPSA) is 147 Å². The van der Waals surface area contributed by atoms with Crippen molar-refractivity contribution in [3.8, 4) is 22.7 Å². The van der Waals surface area contributed by atoms with E-state index in [2.05, 4.69) is 42.3 Å². The number of nitrogens with two attached hydrogens (primary N) is 1. The van der Waals surface area contributed by atoms with Crippen LogP contribution in [-0.4, -0.2) is 37.7 Å². The Bertz CT molecular complexity index is 1480. The molecule has 2 amide bonds. The van der Waals surface area contributed by atoms with Crippen molar-refractivity contribution in [2.24, 2.45) is 5.73 Å². The Labute approximate surface area is 250 Å². The van der Waals surface area contributed by atoms with E-state index in [4.69, 9.17) is 14.4 Å². The van der Waals surface area contributed by atoms with Gasteiger partial charge in [0, 0.05) is 36.5 Å². The second kappa shape index (κ2) is 13.6. The Kier molecular flexibility index (Phi) is 9.98. The van der Waals surface area contributed by atoms with E-state index < -0.39 is 33.0 Å². The van der Waals surface area contributed by atoms with E-state index in [1.165, 1.54) is 12.1 Å². The molecule has 2 heterocycles. The molecule has 0 saturated carbocycles. The molecule has 0 saturated heterocycles. The van der Waals surface area contributed by atoms with E-state index in [0.29, 0.717) is 12.8 Å². The minimum Gasteiger partial charge on any atom is -0.508 e. The van der Waals surface area contributed by atoms with Crippen LogP contribution in [0.4, 0.5) is 0 Å². The van der Waals surface area contributed by atoms with Crippen molar-refractivity contribution >= 4 is 32.8 Å². The Morgan fingerprint density at radius 2 is 1.83 bits per heavy atom. The molecular formula is C31H35IN6O3. The van der Waals surface area contributed by atoms with Gasteiger partial charge in [-0.1, -0.05) is 24.3 Å². The summed E-state index contributed by atoms with van der Waals surface area (Å²) in [6.45, 7) is 4.22. The first kappa shape index (κ1) is 30.0. The lowest BCUT2D eigenvalue weighted by Crippen LogP contribution is -2.45. The molecule has 0 spiro atoms. The lowest BCUT2D eigenvalue weighted by molar-refractivity contribution is -0.127. The quantitative estimate of drug-likeness (QED) is 0.0842. The molecule has 1 unspecified atom stereocenters. The van der Waals surface area contributed by atoms with Gasteiger partial charge >= 0.3 is 0 Å². The third-order valence-corrected chi connectivity index (χ3v) is 8.89. The summed E-state index contributed by atoms with van der Waals surface area (Å²) in [4.78, 5) is 28.8. The van der Waals surface area contributed by atoms with Gasteiger partial charge in [0.1, 0.15) is 11.8 Å². The third kappa shape index (κ3) is 8.06. The monoisotopic (exact) mass is 666 g/mol. The van der Waals surface area contributed by atoms with Crippen LogP contribution < -0.4 is 11.1 Å². The molecule has 0 radical (unpaired) electrons. The van der Waals surface area contributed by atoms with E-state index in [-0.39, 0.29) is 27.9 Å². The number of pyridine rings is 1. The van der Waals surface area contributed by atoms with Gasteiger partial charge in [0.25, 0.3) is 0 Å². The summed E-state index contributed by atoms with van der Waals surface area (Å²) in [5, 5.41) is 17.1. The van der Waals surface area contributed by atoms with E-state index in [1.807, 2.05) is 28.9 Å². The number of aromatic hydroxyl groups is 1. The lowest BCUT2D eigenvalue weighted by Gasteiger charge is -2.18. The maximum atomic E-state index is 12.6. The number of nitrogens with one attached hydrogen (secondary N) is 2. The van der Waals surface area contributed by atoms with Crippen LogP contribution >= 0.6 is 21.0 Å². The molecule has 9 nitrogen and oxygen atoms in total. The molecule has 0 aliphatic carbocycles. The maximum Gasteiger partial charge on any atom is 0.240 e. The fourth-order valence-electron chi connectivity index (χ4n) is 4.48. The van der Waals surface area contributed by atoms with Crippen molar-refractivity contribution < 1.29 is 14.7 Å². The summed E-state index contributed by atoms with van der Waals surface area (Å²) >= 11 is -0.703. The van der Waals surface area contributed by atoms with Gasteiger partial charge in [0.2, 0.25) is 11.8 Å². The summed E-state index contributed by atoms with van der Waals surface area (Å²) < 4.78 is 9.78. The number of phenols is 1. The van der Waals surface area contributed by atoms with Gasteiger partial charge in [-0.05, 0) is 108 Å². The maximum absolute atomic E-state index is 12.6. The zero-order valence-electron chi connectivity index (χ0n) is 23.2. The van der Waals surface area contributed by atoms with Crippen molar-refractivity contribution in [1.29, 1.82) is 3.56 Å². The SMILES string of the molecule is CC(C)(I=N)c1ccc(-n2nc(-c3cccnc3)cc2CCCCC(=O)NC(Cc2ccc(O)cc2)C(N)=O)cc1. The number of rotatable bonds is 13. The Hall–Kier alpha value is -3.93. The molecular weight excluding hydrogens is 631 g/mol. The van der Waals surface area contributed by atoms with E-state index in [9.17, 15) is 14.7 Å². The molecule has 10 heteroatoms. The van der Waals surface area contributed by atoms with Gasteiger partial charge in [-0.15, -0.1) is 0 Å². The molecule has 4 aromatic rings. The minimum atomic E-state index is -0.819. The van der Waals surface area contributed by atoms with E-state index in [1.54, 1.807) is 24.5 Å². The van der Waals surface area contributed by atoms with Crippen LogP contribution in [0.15, 0.2) is 79.1 Å². The number of aryl methyl sites for hydroxylation is 1. The molecule has 2 aromatic heterocycles. The molecule has 0 fully saturated rings. The number of carbonyl (C=O) groups is 2.